The van der Waals surface area contributed by atoms with E-state index in [2.05, 4.69) is 19.0 Å². The van der Waals surface area contributed by atoms with Gasteiger partial charge < -0.3 is 15.8 Å². The van der Waals surface area contributed by atoms with E-state index in [4.69, 9.17) is 10.9 Å². The van der Waals surface area contributed by atoms with Crippen molar-refractivity contribution in [3.05, 3.63) is 0 Å². The summed E-state index contributed by atoms with van der Waals surface area (Å²) >= 11 is 0. The average molecular weight is 255 g/mol. The highest BCUT2D eigenvalue weighted by Gasteiger charge is 2.50. The van der Waals surface area contributed by atoms with Gasteiger partial charge in [-0.15, -0.1) is 0 Å². The van der Waals surface area contributed by atoms with E-state index < -0.39 is 5.41 Å². The van der Waals surface area contributed by atoms with E-state index in [0.717, 1.165) is 12.8 Å². The first-order valence-corrected chi connectivity index (χ1v) is 6.60. The normalized spacial score (nSPS) is 20.4. The number of hydrogen-bond donors (Lipinski definition) is 2. The minimum Gasteiger partial charge on any atom is -0.409 e. The van der Waals surface area contributed by atoms with Gasteiger partial charge in [0.1, 0.15) is 5.41 Å². The fourth-order valence-electron chi connectivity index (χ4n) is 2.58. The molecule has 1 saturated carbocycles. The maximum Gasteiger partial charge on any atom is 0.236 e. The Morgan fingerprint density at radius 2 is 2.00 bits per heavy atom. The molecule has 5 heteroatoms. The molecule has 104 valence electrons. The molecule has 0 bridgehead atoms. The molecular weight excluding hydrogens is 230 g/mol. The van der Waals surface area contributed by atoms with Crippen molar-refractivity contribution in [2.75, 3.05) is 7.05 Å². The summed E-state index contributed by atoms with van der Waals surface area (Å²) in [6.07, 6.45) is 3.27. The van der Waals surface area contributed by atoms with Gasteiger partial charge in [0.25, 0.3) is 0 Å². The fraction of sp³-hybridized carbons (Fsp3) is 0.846. The first-order valence-electron chi connectivity index (χ1n) is 6.60. The van der Waals surface area contributed by atoms with Crippen molar-refractivity contribution in [3.63, 3.8) is 0 Å². The SMILES string of the molecule is CC(C)CC(C)N(C)C(=O)C1(C(N)=NO)CCC1. The maximum absolute atomic E-state index is 12.5. The van der Waals surface area contributed by atoms with E-state index in [1.165, 1.54) is 0 Å². The van der Waals surface area contributed by atoms with Crippen LogP contribution >= 0.6 is 0 Å². The van der Waals surface area contributed by atoms with Crippen LogP contribution in [0.1, 0.15) is 46.5 Å². The highest BCUT2D eigenvalue weighted by molar-refractivity contribution is 6.07. The van der Waals surface area contributed by atoms with Crippen LogP contribution in [0.5, 0.6) is 0 Å². The molecule has 5 nitrogen and oxygen atoms in total. The van der Waals surface area contributed by atoms with Crippen LogP contribution in [0.25, 0.3) is 0 Å². The Bertz CT molecular complexity index is 335. The summed E-state index contributed by atoms with van der Waals surface area (Å²) in [5, 5.41) is 11.9. The van der Waals surface area contributed by atoms with Gasteiger partial charge in [0.05, 0.1) is 0 Å². The van der Waals surface area contributed by atoms with Gasteiger partial charge in [-0.1, -0.05) is 25.4 Å². The Hall–Kier alpha value is -1.26. The monoisotopic (exact) mass is 255 g/mol. The molecular formula is C13H25N3O2. The van der Waals surface area contributed by atoms with Gasteiger partial charge in [-0.3, -0.25) is 4.79 Å². The van der Waals surface area contributed by atoms with Crippen LogP contribution < -0.4 is 5.73 Å². The molecule has 1 amide bonds. The highest BCUT2D eigenvalue weighted by atomic mass is 16.4. The zero-order valence-corrected chi connectivity index (χ0v) is 11.8. The van der Waals surface area contributed by atoms with E-state index in [-0.39, 0.29) is 17.8 Å². The van der Waals surface area contributed by atoms with Crippen LogP contribution in [0, 0.1) is 11.3 Å². The number of carbonyl (C=O) groups is 1. The molecule has 0 aliphatic heterocycles. The Kier molecular flexibility index (Phi) is 4.59. The summed E-state index contributed by atoms with van der Waals surface area (Å²) in [7, 11) is 1.81. The molecule has 1 aliphatic rings. The molecule has 0 radical (unpaired) electrons. The first-order chi connectivity index (χ1) is 8.35. The Morgan fingerprint density at radius 3 is 2.33 bits per heavy atom. The quantitative estimate of drug-likeness (QED) is 0.340. The zero-order valence-electron chi connectivity index (χ0n) is 11.8. The second kappa shape index (κ2) is 5.59. The van der Waals surface area contributed by atoms with Crippen LogP contribution in [0.2, 0.25) is 0 Å². The second-order valence-corrected chi connectivity index (χ2v) is 5.82. The lowest BCUT2D eigenvalue weighted by Crippen LogP contribution is -2.56. The van der Waals surface area contributed by atoms with Crippen molar-refractivity contribution < 1.29 is 10.0 Å². The smallest absolute Gasteiger partial charge is 0.236 e. The van der Waals surface area contributed by atoms with Gasteiger partial charge in [-0.05, 0) is 32.1 Å². The molecule has 1 rings (SSSR count). The topological polar surface area (TPSA) is 78.9 Å². The van der Waals surface area contributed by atoms with Crippen molar-refractivity contribution in [2.45, 2.75) is 52.5 Å². The predicted molar refractivity (Wildman–Crippen MR) is 71.4 cm³/mol. The summed E-state index contributed by atoms with van der Waals surface area (Å²) in [6, 6.07) is 0.168. The van der Waals surface area contributed by atoms with Crippen LogP contribution in [0.4, 0.5) is 0 Å². The average Bonchev–Trinajstić information content (AvgIpc) is 2.24. The molecule has 18 heavy (non-hydrogen) atoms. The van der Waals surface area contributed by atoms with Crippen molar-refractivity contribution in [1.29, 1.82) is 0 Å². The zero-order chi connectivity index (χ0) is 13.9. The van der Waals surface area contributed by atoms with E-state index in [9.17, 15) is 4.79 Å². The van der Waals surface area contributed by atoms with E-state index >= 15 is 0 Å². The highest BCUT2D eigenvalue weighted by Crippen LogP contribution is 2.43. The molecule has 0 aromatic heterocycles. The number of hydrogen-bond acceptors (Lipinski definition) is 3. The lowest BCUT2D eigenvalue weighted by atomic mass is 9.66. The standard InChI is InChI=1S/C13H25N3O2/c1-9(2)8-10(3)16(4)12(17)13(6-5-7-13)11(14)15-18/h9-10,18H,5-8H2,1-4H3,(H2,14,15). The lowest BCUT2D eigenvalue weighted by molar-refractivity contribution is -0.143. The second-order valence-electron chi connectivity index (χ2n) is 5.82. The van der Waals surface area contributed by atoms with Crippen molar-refractivity contribution in [2.24, 2.45) is 22.2 Å². The Labute approximate surface area is 109 Å². The number of nitrogens with zero attached hydrogens (tertiary/aromatic N) is 2. The van der Waals surface area contributed by atoms with Crippen LogP contribution in [-0.4, -0.2) is 34.9 Å². The lowest BCUT2D eigenvalue weighted by Gasteiger charge is -2.43. The number of carbonyl (C=O) groups excluding carboxylic acids is 1. The van der Waals surface area contributed by atoms with Gasteiger partial charge >= 0.3 is 0 Å². The first kappa shape index (κ1) is 14.8. The summed E-state index contributed by atoms with van der Waals surface area (Å²) < 4.78 is 0. The minimum atomic E-state index is -0.755. The third-order valence-electron chi connectivity index (χ3n) is 4.01. The maximum atomic E-state index is 12.5. The molecule has 1 aliphatic carbocycles. The number of oxime groups is 1. The summed E-state index contributed by atoms with van der Waals surface area (Å²) in [5.41, 5.74) is 4.95. The minimum absolute atomic E-state index is 0.0165. The molecule has 0 aromatic rings. The third kappa shape index (κ3) is 2.60. The molecule has 0 spiro atoms. The molecule has 1 unspecified atom stereocenters. The molecule has 0 saturated heterocycles. The van der Waals surface area contributed by atoms with Gasteiger partial charge in [0, 0.05) is 13.1 Å². The number of rotatable bonds is 5. The number of nitrogens with two attached hydrogens (primary N) is 1. The van der Waals surface area contributed by atoms with Crippen LogP contribution in [-0.2, 0) is 4.79 Å². The third-order valence-corrected chi connectivity index (χ3v) is 4.01. The van der Waals surface area contributed by atoms with Gasteiger partial charge in [-0.2, -0.15) is 0 Å². The molecule has 1 atom stereocenters. The molecule has 0 aromatic carbocycles. The van der Waals surface area contributed by atoms with E-state index in [1.54, 1.807) is 11.9 Å². The summed E-state index contributed by atoms with van der Waals surface area (Å²) in [4.78, 5) is 14.3. The van der Waals surface area contributed by atoms with Crippen molar-refractivity contribution >= 4 is 11.7 Å². The van der Waals surface area contributed by atoms with Crippen LogP contribution in [0.15, 0.2) is 5.16 Å². The summed E-state index contributed by atoms with van der Waals surface area (Å²) in [6.45, 7) is 6.31. The molecule has 0 heterocycles. The number of amides is 1. The van der Waals surface area contributed by atoms with Gasteiger partial charge in [0.2, 0.25) is 5.91 Å². The number of amidine groups is 1. The molecule has 1 fully saturated rings. The Balaban J connectivity index is 2.79. The predicted octanol–water partition coefficient (Wildman–Crippen LogP) is 1.80. The van der Waals surface area contributed by atoms with Gasteiger partial charge in [-0.25, -0.2) is 0 Å². The van der Waals surface area contributed by atoms with Crippen molar-refractivity contribution in [3.8, 4) is 0 Å². The van der Waals surface area contributed by atoms with Gasteiger partial charge in [0.15, 0.2) is 5.84 Å². The molecule has 3 N–H and O–H groups in total. The van der Waals surface area contributed by atoms with E-state index in [0.29, 0.717) is 18.8 Å². The van der Waals surface area contributed by atoms with E-state index in [1.807, 2.05) is 6.92 Å². The fourth-order valence-corrected chi connectivity index (χ4v) is 2.58. The van der Waals surface area contributed by atoms with Crippen LogP contribution in [0.3, 0.4) is 0 Å². The Morgan fingerprint density at radius 1 is 1.44 bits per heavy atom. The van der Waals surface area contributed by atoms with Crippen molar-refractivity contribution in [1.82, 2.24) is 4.90 Å². The summed E-state index contributed by atoms with van der Waals surface area (Å²) in [5.74, 6) is 0.580. The largest absolute Gasteiger partial charge is 0.409 e.